The highest BCUT2D eigenvalue weighted by atomic mass is 16.4. The van der Waals surface area contributed by atoms with Crippen LogP contribution < -0.4 is 5.73 Å². The van der Waals surface area contributed by atoms with Gasteiger partial charge in [0.2, 0.25) is 0 Å². The molecule has 3 heteroatoms. The molecule has 17 heavy (non-hydrogen) atoms. The van der Waals surface area contributed by atoms with Crippen LogP contribution >= 0.6 is 0 Å². The van der Waals surface area contributed by atoms with E-state index in [0.29, 0.717) is 12.5 Å². The maximum Gasteiger partial charge on any atom is 0.303 e. The average molecular weight is 241 g/mol. The van der Waals surface area contributed by atoms with Crippen LogP contribution in [0, 0.1) is 5.92 Å². The molecule has 1 aliphatic carbocycles. The molecular weight excluding hydrogens is 214 g/mol. The van der Waals surface area contributed by atoms with E-state index in [1.807, 2.05) is 0 Å². The van der Waals surface area contributed by atoms with Crippen LogP contribution in [0.3, 0.4) is 0 Å². The van der Waals surface area contributed by atoms with Crippen molar-refractivity contribution in [3.63, 3.8) is 0 Å². The Kier molecular flexibility index (Phi) is 7.25. The quantitative estimate of drug-likeness (QED) is 0.531. The van der Waals surface area contributed by atoms with Crippen molar-refractivity contribution in [2.24, 2.45) is 11.7 Å². The van der Waals surface area contributed by atoms with Crippen LogP contribution in [-0.2, 0) is 4.79 Å². The van der Waals surface area contributed by atoms with Gasteiger partial charge in [0.05, 0.1) is 0 Å². The molecule has 0 aromatic rings. The zero-order valence-electron chi connectivity index (χ0n) is 10.9. The summed E-state index contributed by atoms with van der Waals surface area (Å²) in [6, 6.07) is 0.345. The topological polar surface area (TPSA) is 63.3 Å². The lowest BCUT2D eigenvalue weighted by molar-refractivity contribution is -0.137. The number of rotatable bonds is 7. The zero-order valence-corrected chi connectivity index (χ0v) is 10.9. The molecule has 0 bridgehead atoms. The van der Waals surface area contributed by atoms with E-state index < -0.39 is 5.97 Å². The number of hydrogen-bond acceptors (Lipinski definition) is 2. The highest BCUT2D eigenvalue weighted by molar-refractivity contribution is 5.66. The van der Waals surface area contributed by atoms with Gasteiger partial charge in [-0.15, -0.1) is 0 Å². The first-order chi connectivity index (χ1) is 8.20. The van der Waals surface area contributed by atoms with E-state index in [2.05, 4.69) is 0 Å². The second kappa shape index (κ2) is 8.51. The van der Waals surface area contributed by atoms with Crippen molar-refractivity contribution < 1.29 is 9.90 Å². The molecule has 0 amide bonds. The Hall–Kier alpha value is -0.570. The summed E-state index contributed by atoms with van der Waals surface area (Å²) in [5.74, 6) is 0.0371. The van der Waals surface area contributed by atoms with Gasteiger partial charge < -0.3 is 10.8 Å². The highest BCUT2D eigenvalue weighted by Crippen LogP contribution is 2.26. The molecule has 100 valence electrons. The number of carboxylic acid groups (broad SMARTS) is 1. The van der Waals surface area contributed by atoms with E-state index in [1.165, 1.54) is 38.5 Å². The SMILES string of the molecule is N[C@H](CCCCCC(=O)O)C1CCCCCC1. The minimum Gasteiger partial charge on any atom is -0.481 e. The third-order valence-corrected chi connectivity index (χ3v) is 3.93. The summed E-state index contributed by atoms with van der Waals surface area (Å²) in [6.07, 6.45) is 12.3. The molecule has 1 atom stereocenters. The Morgan fingerprint density at radius 2 is 1.76 bits per heavy atom. The van der Waals surface area contributed by atoms with Crippen molar-refractivity contribution in [2.75, 3.05) is 0 Å². The van der Waals surface area contributed by atoms with Crippen molar-refractivity contribution in [3.05, 3.63) is 0 Å². The van der Waals surface area contributed by atoms with Gasteiger partial charge in [-0.05, 0) is 31.6 Å². The molecule has 0 heterocycles. The largest absolute Gasteiger partial charge is 0.481 e. The van der Waals surface area contributed by atoms with Crippen LogP contribution in [0.25, 0.3) is 0 Å². The molecule has 0 spiro atoms. The van der Waals surface area contributed by atoms with Crippen LogP contribution in [0.1, 0.15) is 70.6 Å². The average Bonchev–Trinajstić information content (AvgIpc) is 2.56. The second-order valence-corrected chi connectivity index (χ2v) is 5.41. The Balaban J connectivity index is 2.06. The fourth-order valence-corrected chi connectivity index (χ4v) is 2.81. The number of aliphatic carboxylic acids is 1. The van der Waals surface area contributed by atoms with Crippen molar-refractivity contribution in [2.45, 2.75) is 76.7 Å². The smallest absolute Gasteiger partial charge is 0.303 e. The standard InChI is InChI=1S/C14H27NO2/c15-13(10-6-3-7-11-14(16)17)12-8-4-1-2-5-9-12/h12-13H,1-11,15H2,(H,16,17)/t13-/m1/s1. The van der Waals surface area contributed by atoms with Crippen LogP contribution in [0.2, 0.25) is 0 Å². The summed E-state index contributed by atoms with van der Waals surface area (Å²) >= 11 is 0. The molecule has 1 saturated carbocycles. The van der Waals surface area contributed by atoms with E-state index in [1.54, 1.807) is 0 Å². The first-order valence-electron chi connectivity index (χ1n) is 7.17. The lowest BCUT2D eigenvalue weighted by atomic mass is 9.89. The highest BCUT2D eigenvalue weighted by Gasteiger charge is 2.18. The van der Waals surface area contributed by atoms with Gasteiger partial charge in [0.25, 0.3) is 0 Å². The molecule has 1 aliphatic rings. The minimum atomic E-state index is -0.682. The van der Waals surface area contributed by atoms with Gasteiger partial charge in [-0.2, -0.15) is 0 Å². The maximum atomic E-state index is 10.4. The first kappa shape index (κ1) is 14.5. The molecule has 3 nitrogen and oxygen atoms in total. The number of nitrogens with two attached hydrogens (primary N) is 1. The van der Waals surface area contributed by atoms with Crippen molar-refractivity contribution in [1.29, 1.82) is 0 Å². The number of carbonyl (C=O) groups is 1. The molecule has 1 fully saturated rings. The fraction of sp³-hybridized carbons (Fsp3) is 0.929. The van der Waals surface area contributed by atoms with Crippen LogP contribution in [0.5, 0.6) is 0 Å². The minimum absolute atomic E-state index is 0.304. The summed E-state index contributed by atoms with van der Waals surface area (Å²) in [6.45, 7) is 0. The van der Waals surface area contributed by atoms with E-state index in [0.717, 1.165) is 31.6 Å². The van der Waals surface area contributed by atoms with Crippen LogP contribution in [0.15, 0.2) is 0 Å². The van der Waals surface area contributed by atoms with Crippen molar-refractivity contribution >= 4 is 5.97 Å². The van der Waals surface area contributed by atoms with E-state index in [-0.39, 0.29) is 0 Å². The first-order valence-corrected chi connectivity index (χ1v) is 7.17. The summed E-state index contributed by atoms with van der Waals surface area (Å²) in [5, 5.41) is 8.53. The molecular formula is C14H27NO2. The molecule has 0 aromatic carbocycles. The predicted octanol–water partition coefficient (Wildman–Crippen LogP) is 3.32. The molecule has 3 N–H and O–H groups in total. The van der Waals surface area contributed by atoms with E-state index in [4.69, 9.17) is 10.8 Å². The Morgan fingerprint density at radius 3 is 2.35 bits per heavy atom. The van der Waals surface area contributed by atoms with E-state index >= 15 is 0 Å². The van der Waals surface area contributed by atoms with Gasteiger partial charge in [-0.1, -0.05) is 38.5 Å². The van der Waals surface area contributed by atoms with Gasteiger partial charge in [-0.3, -0.25) is 4.79 Å². The number of unbranched alkanes of at least 4 members (excludes halogenated alkanes) is 2. The lowest BCUT2D eigenvalue weighted by Gasteiger charge is -2.22. The predicted molar refractivity (Wildman–Crippen MR) is 69.9 cm³/mol. The molecule has 0 aliphatic heterocycles. The van der Waals surface area contributed by atoms with Crippen LogP contribution in [0.4, 0.5) is 0 Å². The van der Waals surface area contributed by atoms with Gasteiger partial charge in [0.1, 0.15) is 0 Å². The third-order valence-electron chi connectivity index (χ3n) is 3.93. The molecule has 1 rings (SSSR count). The Labute approximate surface area is 105 Å². The molecule has 0 unspecified atom stereocenters. The molecule has 0 radical (unpaired) electrons. The molecule has 0 saturated heterocycles. The van der Waals surface area contributed by atoms with Gasteiger partial charge in [-0.25, -0.2) is 0 Å². The lowest BCUT2D eigenvalue weighted by Crippen LogP contribution is -2.29. The van der Waals surface area contributed by atoms with Gasteiger partial charge in [0.15, 0.2) is 0 Å². The maximum absolute atomic E-state index is 10.4. The van der Waals surface area contributed by atoms with Gasteiger partial charge >= 0.3 is 5.97 Å². The number of carboxylic acids is 1. The van der Waals surface area contributed by atoms with Crippen molar-refractivity contribution in [3.8, 4) is 0 Å². The third kappa shape index (κ3) is 6.67. The number of hydrogen-bond donors (Lipinski definition) is 2. The zero-order chi connectivity index (χ0) is 12.5. The monoisotopic (exact) mass is 241 g/mol. The Bertz CT molecular complexity index is 210. The summed E-state index contributed by atoms with van der Waals surface area (Å²) in [7, 11) is 0. The summed E-state index contributed by atoms with van der Waals surface area (Å²) < 4.78 is 0. The molecule has 0 aromatic heterocycles. The second-order valence-electron chi connectivity index (χ2n) is 5.41. The fourth-order valence-electron chi connectivity index (χ4n) is 2.81. The Morgan fingerprint density at radius 1 is 1.12 bits per heavy atom. The van der Waals surface area contributed by atoms with Crippen molar-refractivity contribution in [1.82, 2.24) is 0 Å². The van der Waals surface area contributed by atoms with Crippen LogP contribution in [-0.4, -0.2) is 17.1 Å². The summed E-state index contributed by atoms with van der Waals surface area (Å²) in [4.78, 5) is 10.4. The van der Waals surface area contributed by atoms with E-state index in [9.17, 15) is 4.79 Å². The van der Waals surface area contributed by atoms with Gasteiger partial charge in [0, 0.05) is 12.5 Å². The normalized spacial score (nSPS) is 19.8. The summed E-state index contributed by atoms with van der Waals surface area (Å²) in [5.41, 5.74) is 6.24.